The maximum atomic E-state index is 13.3. The van der Waals surface area contributed by atoms with Crippen molar-refractivity contribution < 1.29 is 8.78 Å². The second-order valence-corrected chi connectivity index (χ2v) is 4.37. The third kappa shape index (κ3) is 2.70. The van der Waals surface area contributed by atoms with Crippen LogP contribution in [0.2, 0.25) is 0 Å². The Balaban J connectivity index is 2.60. The zero-order valence-corrected chi connectivity index (χ0v) is 10.8. The van der Waals surface area contributed by atoms with E-state index in [-0.39, 0.29) is 5.56 Å². The molecule has 0 saturated carbocycles. The average Bonchev–Trinajstić information content (AvgIpc) is 2.37. The molecule has 0 bridgehead atoms. The zero-order chi connectivity index (χ0) is 14.0. The monoisotopic (exact) mass is 264 g/mol. The Labute approximate surface area is 109 Å². The summed E-state index contributed by atoms with van der Waals surface area (Å²) in [5, 5.41) is 0. The van der Waals surface area contributed by atoms with Crippen LogP contribution in [0, 0.1) is 18.6 Å². The van der Waals surface area contributed by atoms with Crippen molar-refractivity contribution in [2.75, 3.05) is 0 Å². The van der Waals surface area contributed by atoms with Gasteiger partial charge in [-0.2, -0.15) is 0 Å². The summed E-state index contributed by atoms with van der Waals surface area (Å²) in [5.41, 5.74) is 0.940. The minimum absolute atomic E-state index is 0.252. The Hall–Kier alpha value is -2.04. The Kier molecular flexibility index (Phi) is 3.74. The van der Waals surface area contributed by atoms with Gasteiger partial charge in [0, 0.05) is 17.5 Å². The van der Waals surface area contributed by atoms with Gasteiger partial charge in [0.05, 0.1) is 5.69 Å². The Morgan fingerprint density at radius 2 is 2.00 bits per heavy atom. The molecule has 0 unspecified atom stereocenters. The van der Waals surface area contributed by atoms with Crippen molar-refractivity contribution in [3.05, 3.63) is 51.6 Å². The summed E-state index contributed by atoms with van der Waals surface area (Å²) in [5.74, 6) is -1.31. The van der Waals surface area contributed by atoms with Crippen LogP contribution in [-0.2, 0) is 6.42 Å². The maximum absolute atomic E-state index is 13.3. The van der Waals surface area contributed by atoms with Crippen molar-refractivity contribution in [2.24, 2.45) is 0 Å². The van der Waals surface area contributed by atoms with E-state index in [2.05, 4.69) is 9.97 Å². The molecule has 100 valence electrons. The van der Waals surface area contributed by atoms with Crippen molar-refractivity contribution in [2.45, 2.75) is 26.7 Å². The number of aromatic nitrogens is 2. The summed E-state index contributed by atoms with van der Waals surface area (Å²) in [7, 11) is 0. The van der Waals surface area contributed by atoms with Gasteiger partial charge in [-0.25, -0.2) is 13.8 Å². The summed E-state index contributed by atoms with van der Waals surface area (Å²) in [6.45, 7) is 3.58. The molecule has 1 N–H and O–H groups in total. The first-order valence-corrected chi connectivity index (χ1v) is 6.08. The van der Waals surface area contributed by atoms with Gasteiger partial charge in [0.15, 0.2) is 11.6 Å². The molecule has 19 heavy (non-hydrogen) atoms. The predicted octanol–water partition coefficient (Wildman–Crippen LogP) is 2.98. The molecule has 5 heteroatoms. The number of nitrogens with zero attached hydrogens (tertiary/aromatic N) is 1. The summed E-state index contributed by atoms with van der Waals surface area (Å²) in [4.78, 5) is 18.8. The van der Waals surface area contributed by atoms with Crippen molar-refractivity contribution in [1.82, 2.24) is 9.97 Å². The van der Waals surface area contributed by atoms with Gasteiger partial charge in [0.1, 0.15) is 5.82 Å². The van der Waals surface area contributed by atoms with Crippen LogP contribution in [0.3, 0.4) is 0 Å². The van der Waals surface area contributed by atoms with Gasteiger partial charge in [-0.05, 0) is 31.5 Å². The Bertz CT molecular complexity index is 665. The highest BCUT2D eigenvalue weighted by molar-refractivity contribution is 5.62. The predicted molar refractivity (Wildman–Crippen MR) is 68.9 cm³/mol. The smallest absolute Gasteiger partial charge is 0.254 e. The van der Waals surface area contributed by atoms with Crippen LogP contribution in [0.1, 0.15) is 24.7 Å². The number of aromatic amines is 1. The van der Waals surface area contributed by atoms with Gasteiger partial charge >= 0.3 is 0 Å². The first-order chi connectivity index (χ1) is 9.02. The van der Waals surface area contributed by atoms with Gasteiger partial charge in [-0.3, -0.25) is 4.79 Å². The number of H-pyrrole nitrogens is 1. The minimum Gasteiger partial charge on any atom is -0.310 e. The third-order valence-electron chi connectivity index (χ3n) is 2.88. The lowest BCUT2D eigenvalue weighted by Crippen LogP contribution is -2.16. The summed E-state index contributed by atoms with van der Waals surface area (Å²) < 4.78 is 26.2. The topological polar surface area (TPSA) is 45.8 Å². The number of hydrogen-bond acceptors (Lipinski definition) is 2. The van der Waals surface area contributed by atoms with E-state index >= 15 is 0 Å². The molecule has 0 aliphatic carbocycles. The summed E-state index contributed by atoms with van der Waals surface area (Å²) >= 11 is 0. The summed E-state index contributed by atoms with van der Waals surface area (Å²) in [6.07, 6.45) is 1.47. The van der Waals surface area contributed by atoms with Crippen molar-refractivity contribution in [3.63, 3.8) is 0 Å². The van der Waals surface area contributed by atoms with Crippen LogP contribution in [0.25, 0.3) is 11.3 Å². The molecule has 3 nitrogen and oxygen atoms in total. The van der Waals surface area contributed by atoms with E-state index in [1.165, 1.54) is 6.07 Å². The zero-order valence-electron chi connectivity index (χ0n) is 10.8. The standard InChI is InChI=1S/C14H14F2N2O/c1-3-4-12-17-13(8(2)14(19)18-12)9-5-6-10(15)11(16)7-9/h5-7H,3-4H2,1-2H3,(H,17,18,19). The quantitative estimate of drug-likeness (QED) is 0.926. The minimum atomic E-state index is -0.948. The number of halogens is 2. The van der Waals surface area contributed by atoms with Crippen molar-refractivity contribution in [1.29, 1.82) is 0 Å². The number of nitrogens with one attached hydrogen (secondary N) is 1. The van der Waals surface area contributed by atoms with Gasteiger partial charge < -0.3 is 4.98 Å². The third-order valence-corrected chi connectivity index (χ3v) is 2.88. The molecular formula is C14H14F2N2O. The second-order valence-electron chi connectivity index (χ2n) is 4.37. The van der Waals surface area contributed by atoms with Gasteiger partial charge in [-0.15, -0.1) is 0 Å². The van der Waals surface area contributed by atoms with Crippen molar-refractivity contribution in [3.8, 4) is 11.3 Å². The number of benzene rings is 1. The van der Waals surface area contributed by atoms with E-state index in [1.54, 1.807) is 6.92 Å². The fourth-order valence-electron chi connectivity index (χ4n) is 1.86. The molecule has 0 fully saturated rings. The molecule has 0 spiro atoms. The Morgan fingerprint density at radius 3 is 2.63 bits per heavy atom. The molecule has 2 rings (SSSR count). The van der Waals surface area contributed by atoms with Crippen LogP contribution >= 0.6 is 0 Å². The highest BCUT2D eigenvalue weighted by Crippen LogP contribution is 2.21. The van der Waals surface area contributed by atoms with Gasteiger partial charge in [0.25, 0.3) is 5.56 Å². The van der Waals surface area contributed by atoms with E-state index in [4.69, 9.17) is 0 Å². The lowest BCUT2D eigenvalue weighted by atomic mass is 10.1. The number of hydrogen-bond donors (Lipinski definition) is 1. The van der Waals surface area contributed by atoms with E-state index < -0.39 is 11.6 Å². The van der Waals surface area contributed by atoms with Crippen molar-refractivity contribution >= 4 is 0 Å². The van der Waals surface area contributed by atoms with Crippen LogP contribution in [-0.4, -0.2) is 9.97 Å². The molecule has 0 amide bonds. The van der Waals surface area contributed by atoms with Gasteiger partial charge in [-0.1, -0.05) is 6.92 Å². The molecule has 1 aromatic carbocycles. The normalized spacial score (nSPS) is 10.7. The van der Waals surface area contributed by atoms with Crippen LogP contribution in [0.5, 0.6) is 0 Å². The van der Waals surface area contributed by atoms with Crippen LogP contribution in [0.15, 0.2) is 23.0 Å². The molecule has 1 aromatic heterocycles. The van der Waals surface area contributed by atoms with E-state index in [0.29, 0.717) is 29.1 Å². The maximum Gasteiger partial charge on any atom is 0.254 e. The fraction of sp³-hybridized carbons (Fsp3) is 0.286. The SMILES string of the molecule is CCCc1nc(-c2ccc(F)c(F)c2)c(C)c(=O)[nH]1. The van der Waals surface area contributed by atoms with Crippen LogP contribution in [0.4, 0.5) is 8.78 Å². The lowest BCUT2D eigenvalue weighted by Gasteiger charge is -2.07. The average molecular weight is 264 g/mol. The van der Waals surface area contributed by atoms with E-state index in [0.717, 1.165) is 18.6 Å². The van der Waals surface area contributed by atoms with E-state index in [1.807, 2.05) is 6.92 Å². The summed E-state index contributed by atoms with van der Waals surface area (Å²) in [6, 6.07) is 3.51. The molecule has 1 heterocycles. The molecule has 0 radical (unpaired) electrons. The second kappa shape index (κ2) is 5.30. The number of rotatable bonds is 3. The molecule has 0 aliphatic rings. The largest absolute Gasteiger partial charge is 0.310 e. The number of aryl methyl sites for hydroxylation is 1. The van der Waals surface area contributed by atoms with Gasteiger partial charge in [0.2, 0.25) is 0 Å². The van der Waals surface area contributed by atoms with E-state index in [9.17, 15) is 13.6 Å². The Morgan fingerprint density at radius 1 is 1.26 bits per heavy atom. The fourth-order valence-corrected chi connectivity index (χ4v) is 1.86. The molecular weight excluding hydrogens is 250 g/mol. The molecule has 0 saturated heterocycles. The highest BCUT2D eigenvalue weighted by atomic mass is 19.2. The highest BCUT2D eigenvalue weighted by Gasteiger charge is 2.11. The molecule has 2 aromatic rings. The molecule has 0 atom stereocenters. The molecule has 0 aliphatic heterocycles. The van der Waals surface area contributed by atoms with Crippen LogP contribution < -0.4 is 5.56 Å². The lowest BCUT2D eigenvalue weighted by molar-refractivity contribution is 0.509. The first kappa shape index (κ1) is 13.4. The first-order valence-electron chi connectivity index (χ1n) is 6.08.